The summed E-state index contributed by atoms with van der Waals surface area (Å²) < 4.78 is 18.1. The van der Waals surface area contributed by atoms with Crippen LogP contribution in [0.3, 0.4) is 0 Å². The second kappa shape index (κ2) is 6.48. The van der Waals surface area contributed by atoms with Crippen LogP contribution >= 0.6 is 11.6 Å². The number of benzene rings is 1. The minimum Gasteiger partial charge on any atom is -0.466 e. The van der Waals surface area contributed by atoms with E-state index in [0.717, 1.165) is 5.56 Å². The number of alkyl halides is 1. The van der Waals surface area contributed by atoms with Gasteiger partial charge >= 0.3 is 5.97 Å². The molecule has 0 N–H and O–H groups in total. The van der Waals surface area contributed by atoms with Crippen LogP contribution in [0.1, 0.15) is 18.9 Å². The molecule has 0 amide bonds. The third-order valence-corrected chi connectivity index (χ3v) is 2.50. The van der Waals surface area contributed by atoms with Gasteiger partial charge in [0.1, 0.15) is 6.17 Å². The largest absolute Gasteiger partial charge is 0.466 e. The van der Waals surface area contributed by atoms with Crippen molar-refractivity contribution in [2.45, 2.75) is 25.9 Å². The Morgan fingerprint density at radius 1 is 1.50 bits per heavy atom. The zero-order valence-electron chi connectivity index (χ0n) is 9.08. The van der Waals surface area contributed by atoms with Crippen LogP contribution in [0, 0.1) is 0 Å². The number of hydrogen-bond acceptors (Lipinski definition) is 2. The van der Waals surface area contributed by atoms with Gasteiger partial charge in [0.05, 0.1) is 6.61 Å². The van der Waals surface area contributed by atoms with E-state index in [1.165, 1.54) is 6.92 Å². The lowest BCUT2D eigenvalue weighted by molar-refractivity contribution is -0.141. The van der Waals surface area contributed by atoms with Crippen LogP contribution in [0.4, 0.5) is 4.39 Å². The number of hydrogen-bond donors (Lipinski definition) is 0. The molecule has 0 saturated heterocycles. The van der Waals surface area contributed by atoms with Crippen molar-refractivity contribution in [1.82, 2.24) is 0 Å². The predicted molar refractivity (Wildman–Crippen MR) is 61.3 cm³/mol. The Morgan fingerprint density at radius 3 is 2.81 bits per heavy atom. The molecule has 0 radical (unpaired) electrons. The molecule has 0 bridgehead atoms. The minimum atomic E-state index is -1.04. The number of rotatable bonds is 5. The van der Waals surface area contributed by atoms with E-state index >= 15 is 0 Å². The van der Waals surface area contributed by atoms with Crippen LogP contribution in [-0.2, 0) is 16.0 Å². The summed E-state index contributed by atoms with van der Waals surface area (Å²) >= 11 is 5.90. The molecule has 2 nitrogen and oxygen atoms in total. The highest BCUT2D eigenvalue weighted by atomic mass is 35.5. The molecule has 1 unspecified atom stereocenters. The summed E-state index contributed by atoms with van der Waals surface area (Å²) in [6.45, 7) is 1.42. The molecule has 0 heterocycles. The van der Waals surface area contributed by atoms with Crippen LogP contribution in [0.15, 0.2) is 24.3 Å². The average Bonchev–Trinajstić information content (AvgIpc) is 2.21. The first-order valence-electron chi connectivity index (χ1n) is 5.10. The van der Waals surface area contributed by atoms with Gasteiger partial charge in [-0.2, -0.15) is 0 Å². The summed E-state index contributed by atoms with van der Waals surface area (Å²) in [5.74, 6) is -0.384. The number of carbonyl (C=O) groups excluding carboxylic acids is 1. The van der Waals surface area contributed by atoms with Crippen molar-refractivity contribution in [2.24, 2.45) is 0 Å². The summed E-state index contributed by atoms with van der Waals surface area (Å²) in [6.07, 6.45) is -0.592. The second-order valence-electron chi connectivity index (χ2n) is 3.52. The normalized spacial score (nSPS) is 12.2. The summed E-state index contributed by atoms with van der Waals surface area (Å²) in [5, 5.41) is 0.567. The van der Waals surface area contributed by atoms with Gasteiger partial charge in [-0.1, -0.05) is 29.8 Å². The average molecular weight is 245 g/mol. The van der Waals surface area contributed by atoms with Crippen LogP contribution in [0.2, 0.25) is 5.02 Å². The maximum Gasteiger partial charge on any atom is 0.302 e. The third-order valence-electron chi connectivity index (χ3n) is 2.14. The van der Waals surface area contributed by atoms with Gasteiger partial charge in [0.2, 0.25) is 0 Å². The Kier molecular flexibility index (Phi) is 5.26. The Balaban J connectivity index is 2.37. The molecule has 1 atom stereocenters. The molecule has 0 fully saturated rings. The maximum atomic E-state index is 13.5. The third kappa shape index (κ3) is 4.62. The quantitative estimate of drug-likeness (QED) is 0.744. The van der Waals surface area contributed by atoms with Crippen molar-refractivity contribution >= 4 is 17.6 Å². The Bertz CT molecular complexity index is 355. The van der Waals surface area contributed by atoms with E-state index < -0.39 is 6.17 Å². The summed E-state index contributed by atoms with van der Waals surface area (Å²) in [7, 11) is 0. The molecule has 0 saturated carbocycles. The summed E-state index contributed by atoms with van der Waals surface area (Å²) in [5.41, 5.74) is 0.777. The highest BCUT2D eigenvalue weighted by molar-refractivity contribution is 6.31. The van der Waals surface area contributed by atoms with E-state index in [0.29, 0.717) is 5.02 Å². The first-order valence-corrected chi connectivity index (χ1v) is 5.48. The van der Waals surface area contributed by atoms with E-state index in [2.05, 4.69) is 4.74 Å². The van der Waals surface area contributed by atoms with E-state index in [4.69, 9.17) is 11.6 Å². The molecule has 0 aliphatic rings. The second-order valence-corrected chi connectivity index (χ2v) is 3.93. The first kappa shape index (κ1) is 13.0. The Morgan fingerprint density at radius 2 is 2.19 bits per heavy atom. The van der Waals surface area contributed by atoms with Gasteiger partial charge in [0, 0.05) is 24.8 Å². The van der Waals surface area contributed by atoms with Gasteiger partial charge in [-0.3, -0.25) is 4.79 Å². The lowest BCUT2D eigenvalue weighted by atomic mass is 10.1. The van der Waals surface area contributed by atoms with Crippen molar-refractivity contribution in [3.05, 3.63) is 34.9 Å². The molecule has 0 spiro atoms. The molecule has 1 aromatic rings. The molecular weight excluding hydrogens is 231 g/mol. The van der Waals surface area contributed by atoms with Crippen molar-refractivity contribution in [3.63, 3.8) is 0 Å². The van der Waals surface area contributed by atoms with Gasteiger partial charge in [-0.05, 0) is 11.6 Å². The molecule has 0 aliphatic heterocycles. The highest BCUT2D eigenvalue weighted by Gasteiger charge is 2.10. The van der Waals surface area contributed by atoms with Gasteiger partial charge in [0.15, 0.2) is 0 Å². The van der Waals surface area contributed by atoms with Crippen LogP contribution < -0.4 is 0 Å². The maximum absolute atomic E-state index is 13.5. The fourth-order valence-electron chi connectivity index (χ4n) is 1.34. The lowest BCUT2D eigenvalue weighted by Gasteiger charge is -2.09. The summed E-state index contributed by atoms with van der Waals surface area (Å²) in [6, 6.07) is 7.15. The molecule has 88 valence electrons. The molecule has 16 heavy (non-hydrogen) atoms. The minimum absolute atomic E-state index is 0.112. The number of halogens is 2. The zero-order valence-corrected chi connectivity index (χ0v) is 9.84. The molecule has 0 aromatic heterocycles. The highest BCUT2D eigenvalue weighted by Crippen LogP contribution is 2.18. The van der Waals surface area contributed by atoms with Crippen molar-refractivity contribution < 1.29 is 13.9 Å². The molecule has 0 aliphatic carbocycles. The zero-order chi connectivity index (χ0) is 12.0. The first-order chi connectivity index (χ1) is 7.59. The van der Waals surface area contributed by atoms with Crippen molar-refractivity contribution in [3.8, 4) is 0 Å². The summed E-state index contributed by atoms with van der Waals surface area (Å²) in [4.78, 5) is 10.5. The van der Waals surface area contributed by atoms with E-state index in [9.17, 15) is 9.18 Å². The molecule has 1 aromatic carbocycles. The molecule has 4 heteroatoms. The monoisotopic (exact) mass is 244 g/mol. The van der Waals surface area contributed by atoms with E-state index in [1.54, 1.807) is 18.2 Å². The van der Waals surface area contributed by atoms with Gasteiger partial charge in [-0.25, -0.2) is 4.39 Å². The van der Waals surface area contributed by atoms with Gasteiger partial charge < -0.3 is 4.74 Å². The molecular formula is C12H14ClFO2. The number of ether oxygens (including phenoxy) is 1. The van der Waals surface area contributed by atoms with Crippen LogP contribution in [0.25, 0.3) is 0 Å². The van der Waals surface area contributed by atoms with Crippen LogP contribution in [-0.4, -0.2) is 18.7 Å². The SMILES string of the molecule is CC(=O)OCCC(F)Cc1ccccc1Cl. The van der Waals surface area contributed by atoms with E-state index in [1.807, 2.05) is 6.07 Å². The van der Waals surface area contributed by atoms with E-state index in [-0.39, 0.29) is 25.4 Å². The predicted octanol–water partition coefficient (Wildman–Crippen LogP) is 3.17. The van der Waals surface area contributed by atoms with Crippen LogP contribution in [0.5, 0.6) is 0 Å². The lowest BCUT2D eigenvalue weighted by Crippen LogP contribution is -2.11. The number of esters is 1. The topological polar surface area (TPSA) is 26.3 Å². The van der Waals surface area contributed by atoms with Gasteiger partial charge in [0.25, 0.3) is 0 Å². The Labute approximate surface area is 99.4 Å². The number of carbonyl (C=O) groups is 1. The smallest absolute Gasteiger partial charge is 0.302 e. The Hall–Kier alpha value is -1.09. The van der Waals surface area contributed by atoms with Gasteiger partial charge in [-0.15, -0.1) is 0 Å². The van der Waals surface area contributed by atoms with Crippen molar-refractivity contribution in [2.75, 3.05) is 6.61 Å². The van der Waals surface area contributed by atoms with Crippen molar-refractivity contribution in [1.29, 1.82) is 0 Å². The molecule has 1 rings (SSSR count). The fourth-order valence-corrected chi connectivity index (χ4v) is 1.55. The standard InChI is InChI=1S/C12H14ClFO2/c1-9(15)16-7-6-11(14)8-10-4-2-3-5-12(10)13/h2-5,11H,6-8H2,1H3. The fraction of sp³-hybridized carbons (Fsp3) is 0.417.